The minimum Gasteiger partial charge on any atom is -0.491 e. The van der Waals surface area contributed by atoms with Crippen molar-refractivity contribution in [1.29, 1.82) is 5.41 Å². The third-order valence-electron chi connectivity index (χ3n) is 4.09. The van der Waals surface area contributed by atoms with Gasteiger partial charge in [0, 0.05) is 29.6 Å². The zero-order chi connectivity index (χ0) is 22.5. The van der Waals surface area contributed by atoms with Crippen LogP contribution in [-0.2, 0) is 15.5 Å². The van der Waals surface area contributed by atoms with E-state index in [2.05, 4.69) is 10.6 Å². The topological polar surface area (TPSA) is 91.3 Å². The molecule has 1 atom stereocenters. The van der Waals surface area contributed by atoms with Crippen LogP contribution >= 0.6 is 0 Å². The fourth-order valence-corrected chi connectivity index (χ4v) is 2.70. The van der Waals surface area contributed by atoms with Crippen molar-refractivity contribution in [2.24, 2.45) is 5.92 Å². The van der Waals surface area contributed by atoms with Crippen LogP contribution < -0.4 is 15.4 Å². The highest BCUT2D eigenvalue weighted by atomic mass is 19.3. The molecule has 2 aromatic rings. The second-order valence-electron chi connectivity index (χ2n) is 7.25. The van der Waals surface area contributed by atoms with Gasteiger partial charge in [0.2, 0.25) is 11.8 Å². The molecule has 0 spiro atoms. The molecule has 0 saturated carbocycles. The molecule has 0 fully saturated rings. The lowest BCUT2D eigenvalue weighted by molar-refractivity contribution is -0.126. The van der Waals surface area contributed by atoms with Gasteiger partial charge in [0.25, 0.3) is 5.92 Å². The average Bonchev–Trinajstić information content (AvgIpc) is 2.62. The number of benzene rings is 2. The Labute approximate surface area is 174 Å². The van der Waals surface area contributed by atoms with Gasteiger partial charge in [-0.25, -0.2) is 8.78 Å². The lowest BCUT2D eigenvalue weighted by Gasteiger charge is -2.17. The van der Waals surface area contributed by atoms with Crippen LogP contribution in [0.15, 0.2) is 48.5 Å². The minimum atomic E-state index is -3.07. The zero-order valence-electron chi connectivity index (χ0n) is 17.3. The van der Waals surface area contributed by atoms with Crippen molar-refractivity contribution in [2.45, 2.75) is 39.7 Å². The van der Waals surface area contributed by atoms with Gasteiger partial charge < -0.3 is 20.8 Å². The Morgan fingerprint density at radius 2 is 1.57 bits per heavy atom. The summed E-state index contributed by atoms with van der Waals surface area (Å²) in [5.41, 5.74) is 0.106. The predicted molar refractivity (Wildman–Crippen MR) is 112 cm³/mol. The van der Waals surface area contributed by atoms with E-state index in [1.165, 1.54) is 25.1 Å². The number of ether oxygens (including phenoxy) is 1. The summed E-state index contributed by atoms with van der Waals surface area (Å²) in [4.78, 5) is 25.2. The summed E-state index contributed by atoms with van der Waals surface area (Å²) in [6, 6.07) is 11.8. The molecule has 0 saturated heterocycles. The Hall–Kier alpha value is -3.29. The van der Waals surface area contributed by atoms with Crippen LogP contribution in [0.1, 0.15) is 33.3 Å². The number of carbonyl (C=O) groups excluding carboxylic acids is 2. The maximum atomic E-state index is 13.5. The normalized spacial score (nSPS) is 12.2. The Kier molecular flexibility index (Phi) is 7.26. The van der Waals surface area contributed by atoms with Crippen LogP contribution in [0.4, 0.5) is 20.2 Å². The highest BCUT2D eigenvalue weighted by Crippen LogP contribution is 2.28. The molecule has 1 unspecified atom stereocenters. The third-order valence-corrected chi connectivity index (χ3v) is 4.09. The molecule has 0 heterocycles. The molecule has 6 nitrogen and oxygen atoms in total. The van der Waals surface area contributed by atoms with Crippen molar-refractivity contribution >= 4 is 28.9 Å². The fraction of sp³-hybridized carbons (Fsp3) is 0.318. The summed E-state index contributed by atoms with van der Waals surface area (Å²) in [6.07, 6.45) is 0.00485. The van der Waals surface area contributed by atoms with E-state index in [9.17, 15) is 18.4 Å². The largest absolute Gasteiger partial charge is 0.491 e. The molecule has 8 heteroatoms. The van der Waals surface area contributed by atoms with E-state index in [1.807, 2.05) is 13.8 Å². The van der Waals surface area contributed by atoms with E-state index < -0.39 is 23.7 Å². The van der Waals surface area contributed by atoms with Crippen molar-refractivity contribution in [3.05, 3.63) is 54.1 Å². The highest BCUT2D eigenvalue weighted by Gasteiger charge is 2.30. The van der Waals surface area contributed by atoms with Crippen molar-refractivity contribution in [3.63, 3.8) is 0 Å². The van der Waals surface area contributed by atoms with Crippen molar-refractivity contribution < 1.29 is 23.1 Å². The summed E-state index contributed by atoms with van der Waals surface area (Å²) in [6.45, 7) is 5.87. The third kappa shape index (κ3) is 6.37. The molecule has 0 aromatic heterocycles. The van der Waals surface area contributed by atoms with Gasteiger partial charge in [-0.1, -0.05) is 12.1 Å². The van der Waals surface area contributed by atoms with E-state index in [-0.39, 0.29) is 23.1 Å². The van der Waals surface area contributed by atoms with Gasteiger partial charge in [0.05, 0.1) is 6.10 Å². The first-order valence-electron chi connectivity index (χ1n) is 9.39. The van der Waals surface area contributed by atoms with Crippen molar-refractivity contribution in [3.8, 4) is 5.75 Å². The summed E-state index contributed by atoms with van der Waals surface area (Å²) in [5, 5.41) is 12.9. The number of amides is 2. The summed E-state index contributed by atoms with van der Waals surface area (Å²) < 4.78 is 32.5. The number of hydrogen-bond acceptors (Lipinski definition) is 4. The molecule has 2 rings (SSSR count). The SMILES string of the molecule is CC(=N)C(C(=O)Nc1ccc(OC(C)C)cc1)C(=O)Nc1cccc(C(C)(F)F)c1. The van der Waals surface area contributed by atoms with Gasteiger partial charge >= 0.3 is 0 Å². The van der Waals surface area contributed by atoms with E-state index in [0.717, 1.165) is 13.0 Å². The quantitative estimate of drug-likeness (QED) is 0.425. The Bertz CT molecular complexity index is 922. The molecule has 0 bridgehead atoms. The number of halogens is 2. The molecule has 3 N–H and O–H groups in total. The van der Waals surface area contributed by atoms with Crippen molar-refractivity contribution in [2.75, 3.05) is 10.6 Å². The summed E-state index contributed by atoms with van der Waals surface area (Å²) in [7, 11) is 0. The number of alkyl halides is 2. The Morgan fingerprint density at radius 1 is 1.00 bits per heavy atom. The number of nitrogens with one attached hydrogen (secondary N) is 3. The molecule has 0 aliphatic carbocycles. The van der Waals surface area contributed by atoms with E-state index in [4.69, 9.17) is 10.1 Å². The van der Waals surface area contributed by atoms with Crippen LogP contribution in [0.5, 0.6) is 5.75 Å². The summed E-state index contributed by atoms with van der Waals surface area (Å²) in [5.74, 6) is -5.33. The molecule has 2 aromatic carbocycles. The first-order valence-corrected chi connectivity index (χ1v) is 9.39. The maximum absolute atomic E-state index is 13.5. The smallest absolute Gasteiger partial charge is 0.270 e. The second-order valence-corrected chi connectivity index (χ2v) is 7.25. The molecular formula is C22H25F2N3O3. The molecule has 160 valence electrons. The zero-order valence-corrected chi connectivity index (χ0v) is 17.3. The van der Waals surface area contributed by atoms with Gasteiger partial charge in [0.1, 0.15) is 5.75 Å². The lowest BCUT2D eigenvalue weighted by Crippen LogP contribution is -2.38. The molecule has 0 radical (unpaired) electrons. The summed E-state index contributed by atoms with van der Waals surface area (Å²) >= 11 is 0. The minimum absolute atomic E-state index is 0.00485. The fourth-order valence-electron chi connectivity index (χ4n) is 2.70. The van der Waals surface area contributed by atoms with Crippen LogP contribution in [0, 0.1) is 11.3 Å². The molecule has 0 aliphatic heterocycles. The van der Waals surface area contributed by atoms with E-state index >= 15 is 0 Å². The monoisotopic (exact) mass is 417 g/mol. The average molecular weight is 417 g/mol. The number of carbonyl (C=O) groups is 2. The van der Waals surface area contributed by atoms with Crippen LogP contribution in [0.25, 0.3) is 0 Å². The first-order chi connectivity index (χ1) is 14.0. The van der Waals surface area contributed by atoms with Crippen LogP contribution in [0.3, 0.4) is 0 Å². The van der Waals surface area contributed by atoms with Crippen molar-refractivity contribution in [1.82, 2.24) is 0 Å². The van der Waals surface area contributed by atoms with E-state index in [1.54, 1.807) is 24.3 Å². The number of hydrogen-bond donors (Lipinski definition) is 3. The van der Waals surface area contributed by atoms with Gasteiger partial charge in [-0.3, -0.25) is 9.59 Å². The molecule has 30 heavy (non-hydrogen) atoms. The van der Waals surface area contributed by atoms with E-state index in [0.29, 0.717) is 11.4 Å². The van der Waals surface area contributed by atoms with Gasteiger partial charge in [-0.2, -0.15) is 0 Å². The molecule has 2 amide bonds. The van der Waals surface area contributed by atoms with Gasteiger partial charge in [-0.15, -0.1) is 0 Å². The highest BCUT2D eigenvalue weighted by molar-refractivity contribution is 6.24. The lowest BCUT2D eigenvalue weighted by atomic mass is 10.0. The Morgan fingerprint density at radius 3 is 2.07 bits per heavy atom. The molecular weight excluding hydrogens is 392 g/mol. The maximum Gasteiger partial charge on any atom is 0.270 e. The second kappa shape index (κ2) is 9.47. The van der Waals surface area contributed by atoms with Gasteiger partial charge in [-0.05, 0) is 57.2 Å². The van der Waals surface area contributed by atoms with Gasteiger partial charge in [0.15, 0.2) is 5.92 Å². The Balaban J connectivity index is 2.12. The first kappa shape index (κ1) is 23.0. The van der Waals surface area contributed by atoms with Crippen LogP contribution in [-0.4, -0.2) is 23.6 Å². The number of rotatable bonds is 8. The molecule has 0 aliphatic rings. The predicted octanol–water partition coefficient (Wildman–Crippen LogP) is 4.82. The standard InChI is InChI=1S/C22H25F2N3O3/c1-13(2)30-18-10-8-16(9-11-18)26-20(28)19(14(3)25)21(29)27-17-7-5-6-15(12-17)22(4,23)24/h5-13,19,25H,1-4H3,(H,26,28)(H,27,29). The van der Waals surface area contributed by atoms with Crippen LogP contribution in [0.2, 0.25) is 0 Å². The number of anilines is 2.